The fourth-order valence-electron chi connectivity index (χ4n) is 2.78. The Balaban J connectivity index is 2.36. The second-order valence-corrected chi connectivity index (χ2v) is 5.52. The Bertz CT molecular complexity index is 380. The first-order valence-corrected chi connectivity index (χ1v) is 6.62. The summed E-state index contributed by atoms with van der Waals surface area (Å²) in [4.78, 5) is 2.57. The number of nitrogens with zero attached hydrogens (tertiary/aromatic N) is 1. The van der Waals surface area contributed by atoms with Gasteiger partial charge < -0.3 is 10.2 Å². The Morgan fingerprint density at radius 1 is 1.24 bits per heavy atom. The normalized spacial score (nSPS) is 25.1. The molecule has 0 saturated carbocycles. The van der Waals surface area contributed by atoms with Crippen molar-refractivity contribution < 1.29 is 0 Å². The molecule has 0 amide bonds. The van der Waals surface area contributed by atoms with E-state index in [0.29, 0.717) is 0 Å². The number of anilines is 1. The number of benzene rings is 1. The fourth-order valence-corrected chi connectivity index (χ4v) is 2.78. The van der Waals surface area contributed by atoms with Crippen LogP contribution in [0.3, 0.4) is 0 Å². The zero-order valence-corrected chi connectivity index (χ0v) is 11.5. The van der Waals surface area contributed by atoms with Gasteiger partial charge in [-0.1, -0.05) is 13.0 Å². The van der Waals surface area contributed by atoms with Crippen molar-refractivity contribution in [1.29, 1.82) is 0 Å². The van der Waals surface area contributed by atoms with E-state index in [2.05, 4.69) is 56.1 Å². The third kappa shape index (κ3) is 2.47. The zero-order valence-electron chi connectivity index (χ0n) is 11.5. The Hall–Kier alpha value is -1.02. The standard InChI is InChI=1S/C15H24N2/c1-5-15(4)11-16-6-7-17(15)14-9-12(2)8-13(3)10-14/h8-10,16H,5-7,11H2,1-4H3. The molecule has 1 fully saturated rings. The van der Waals surface area contributed by atoms with Crippen LogP contribution in [-0.4, -0.2) is 25.2 Å². The van der Waals surface area contributed by atoms with Gasteiger partial charge in [-0.15, -0.1) is 0 Å². The van der Waals surface area contributed by atoms with Crippen LogP contribution in [0.2, 0.25) is 0 Å². The summed E-state index contributed by atoms with van der Waals surface area (Å²) in [6, 6.07) is 6.87. The number of piperazine rings is 1. The van der Waals surface area contributed by atoms with Crippen molar-refractivity contribution in [2.45, 2.75) is 39.7 Å². The highest BCUT2D eigenvalue weighted by molar-refractivity contribution is 5.53. The molecule has 1 atom stereocenters. The van der Waals surface area contributed by atoms with E-state index in [9.17, 15) is 0 Å². The molecule has 0 spiro atoms. The van der Waals surface area contributed by atoms with Gasteiger partial charge in [-0.25, -0.2) is 0 Å². The lowest BCUT2D eigenvalue weighted by atomic mass is 9.93. The quantitative estimate of drug-likeness (QED) is 0.843. The van der Waals surface area contributed by atoms with Crippen molar-refractivity contribution >= 4 is 5.69 Å². The number of nitrogens with one attached hydrogen (secondary N) is 1. The summed E-state index contributed by atoms with van der Waals surface area (Å²) in [7, 11) is 0. The van der Waals surface area contributed by atoms with E-state index in [1.165, 1.54) is 23.2 Å². The minimum Gasteiger partial charge on any atom is -0.364 e. The molecule has 0 aromatic heterocycles. The SMILES string of the molecule is CCC1(C)CNCCN1c1cc(C)cc(C)c1. The second kappa shape index (κ2) is 4.69. The molecule has 17 heavy (non-hydrogen) atoms. The predicted molar refractivity (Wildman–Crippen MR) is 74.8 cm³/mol. The Morgan fingerprint density at radius 3 is 2.47 bits per heavy atom. The molecule has 0 bridgehead atoms. The van der Waals surface area contributed by atoms with Gasteiger partial charge in [-0.2, -0.15) is 0 Å². The third-order valence-electron chi connectivity index (χ3n) is 3.95. The molecule has 1 saturated heterocycles. The summed E-state index contributed by atoms with van der Waals surface area (Å²) in [5, 5.41) is 3.51. The van der Waals surface area contributed by atoms with Crippen LogP contribution >= 0.6 is 0 Å². The van der Waals surface area contributed by atoms with E-state index in [0.717, 1.165) is 19.6 Å². The smallest absolute Gasteiger partial charge is 0.0496 e. The molecular weight excluding hydrogens is 208 g/mol. The minimum absolute atomic E-state index is 0.248. The van der Waals surface area contributed by atoms with Crippen molar-refractivity contribution in [3.63, 3.8) is 0 Å². The zero-order chi connectivity index (χ0) is 12.5. The fraction of sp³-hybridized carbons (Fsp3) is 0.600. The maximum Gasteiger partial charge on any atom is 0.0496 e. The van der Waals surface area contributed by atoms with Crippen LogP contribution in [-0.2, 0) is 0 Å². The summed E-state index contributed by atoms with van der Waals surface area (Å²) in [6.45, 7) is 12.3. The first-order chi connectivity index (χ1) is 8.05. The van der Waals surface area contributed by atoms with Crippen molar-refractivity contribution in [2.75, 3.05) is 24.5 Å². The molecule has 2 heteroatoms. The van der Waals surface area contributed by atoms with Crippen molar-refractivity contribution in [1.82, 2.24) is 5.32 Å². The van der Waals surface area contributed by atoms with E-state index in [1.807, 2.05) is 0 Å². The summed E-state index contributed by atoms with van der Waals surface area (Å²) in [6.07, 6.45) is 1.17. The minimum atomic E-state index is 0.248. The van der Waals surface area contributed by atoms with Gasteiger partial charge in [-0.3, -0.25) is 0 Å². The van der Waals surface area contributed by atoms with Gasteiger partial charge in [0.15, 0.2) is 0 Å². The van der Waals surface area contributed by atoms with Gasteiger partial charge in [0.2, 0.25) is 0 Å². The monoisotopic (exact) mass is 232 g/mol. The van der Waals surface area contributed by atoms with Crippen molar-refractivity contribution in [2.24, 2.45) is 0 Å². The highest BCUT2D eigenvalue weighted by atomic mass is 15.3. The molecule has 1 N–H and O–H groups in total. The molecule has 2 rings (SSSR count). The van der Waals surface area contributed by atoms with Gasteiger partial charge in [-0.05, 0) is 50.5 Å². The summed E-state index contributed by atoms with van der Waals surface area (Å²) in [5.41, 5.74) is 4.35. The first kappa shape index (κ1) is 12.4. The van der Waals surface area contributed by atoms with Crippen LogP contribution in [0.5, 0.6) is 0 Å². The predicted octanol–water partition coefficient (Wildman–Crippen LogP) is 2.88. The molecular formula is C15H24N2. The Kier molecular flexibility index (Phi) is 3.43. The summed E-state index contributed by atoms with van der Waals surface area (Å²) in [5.74, 6) is 0. The molecule has 1 aliphatic heterocycles. The Labute approximate surface area is 105 Å². The van der Waals surface area contributed by atoms with Crippen LogP contribution in [0.15, 0.2) is 18.2 Å². The highest BCUT2D eigenvalue weighted by Gasteiger charge is 2.32. The van der Waals surface area contributed by atoms with Crippen LogP contribution in [0.25, 0.3) is 0 Å². The van der Waals surface area contributed by atoms with Crippen LogP contribution < -0.4 is 10.2 Å². The number of rotatable bonds is 2. The molecule has 94 valence electrons. The molecule has 2 nitrogen and oxygen atoms in total. The molecule has 1 unspecified atom stereocenters. The van der Waals surface area contributed by atoms with E-state index in [1.54, 1.807) is 0 Å². The second-order valence-electron chi connectivity index (χ2n) is 5.52. The lowest BCUT2D eigenvalue weighted by Crippen LogP contribution is -2.59. The topological polar surface area (TPSA) is 15.3 Å². The van der Waals surface area contributed by atoms with Gasteiger partial charge in [0.25, 0.3) is 0 Å². The first-order valence-electron chi connectivity index (χ1n) is 6.62. The molecule has 0 radical (unpaired) electrons. The van der Waals surface area contributed by atoms with E-state index in [-0.39, 0.29) is 5.54 Å². The molecule has 1 heterocycles. The van der Waals surface area contributed by atoms with Gasteiger partial charge in [0.05, 0.1) is 0 Å². The van der Waals surface area contributed by atoms with E-state index in [4.69, 9.17) is 0 Å². The van der Waals surface area contributed by atoms with Gasteiger partial charge in [0, 0.05) is 30.9 Å². The van der Waals surface area contributed by atoms with Gasteiger partial charge in [0.1, 0.15) is 0 Å². The average Bonchev–Trinajstić information content (AvgIpc) is 2.28. The third-order valence-corrected chi connectivity index (χ3v) is 3.95. The maximum absolute atomic E-state index is 3.51. The highest BCUT2D eigenvalue weighted by Crippen LogP contribution is 2.29. The van der Waals surface area contributed by atoms with Crippen LogP contribution in [0.1, 0.15) is 31.4 Å². The molecule has 1 aromatic carbocycles. The number of aryl methyl sites for hydroxylation is 2. The number of hydrogen-bond acceptors (Lipinski definition) is 2. The molecule has 0 aliphatic carbocycles. The maximum atomic E-state index is 3.51. The summed E-state index contributed by atoms with van der Waals surface area (Å²) < 4.78 is 0. The molecule has 1 aromatic rings. The lowest BCUT2D eigenvalue weighted by Gasteiger charge is -2.46. The van der Waals surface area contributed by atoms with Crippen molar-refractivity contribution in [3.05, 3.63) is 29.3 Å². The largest absolute Gasteiger partial charge is 0.364 e. The van der Waals surface area contributed by atoms with E-state index >= 15 is 0 Å². The van der Waals surface area contributed by atoms with E-state index < -0.39 is 0 Å². The van der Waals surface area contributed by atoms with Crippen LogP contribution in [0.4, 0.5) is 5.69 Å². The molecule has 1 aliphatic rings. The summed E-state index contributed by atoms with van der Waals surface area (Å²) >= 11 is 0. The lowest BCUT2D eigenvalue weighted by molar-refractivity contribution is 0.342. The van der Waals surface area contributed by atoms with Crippen LogP contribution in [0, 0.1) is 13.8 Å². The number of hydrogen-bond donors (Lipinski definition) is 1. The average molecular weight is 232 g/mol. The van der Waals surface area contributed by atoms with Crippen molar-refractivity contribution in [3.8, 4) is 0 Å². The van der Waals surface area contributed by atoms with Gasteiger partial charge >= 0.3 is 0 Å². The Morgan fingerprint density at radius 2 is 1.88 bits per heavy atom.